The second-order valence-electron chi connectivity index (χ2n) is 5.38. The van der Waals surface area contributed by atoms with Crippen molar-refractivity contribution in [3.05, 3.63) is 0 Å². The Kier molecular flexibility index (Phi) is 4.05. The van der Waals surface area contributed by atoms with Crippen molar-refractivity contribution in [2.75, 3.05) is 20.2 Å². The summed E-state index contributed by atoms with van der Waals surface area (Å²) in [5, 5.41) is 0. The third kappa shape index (κ3) is 2.63. The van der Waals surface area contributed by atoms with E-state index in [0.717, 1.165) is 25.7 Å². The van der Waals surface area contributed by atoms with Crippen LogP contribution in [0.1, 0.15) is 44.9 Å². The van der Waals surface area contributed by atoms with Gasteiger partial charge in [0.1, 0.15) is 0 Å². The summed E-state index contributed by atoms with van der Waals surface area (Å²) in [7, 11) is 1.73. The Morgan fingerprint density at radius 1 is 1.41 bits per heavy atom. The van der Waals surface area contributed by atoms with Gasteiger partial charge in [-0.3, -0.25) is 4.79 Å². The normalized spacial score (nSPS) is 22.7. The molecule has 4 nitrogen and oxygen atoms in total. The van der Waals surface area contributed by atoms with Crippen molar-refractivity contribution in [2.45, 2.75) is 56.6 Å². The number of methoxy groups -OCH3 is 1. The van der Waals surface area contributed by atoms with E-state index in [1.165, 1.54) is 12.8 Å². The van der Waals surface area contributed by atoms with Crippen LogP contribution < -0.4 is 5.73 Å². The molecule has 0 saturated heterocycles. The highest BCUT2D eigenvalue weighted by Gasteiger charge is 2.41. The van der Waals surface area contributed by atoms with Crippen LogP contribution in [0.5, 0.6) is 0 Å². The van der Waals surface area contributed by atoms with E-state index in [1.807, 2.05) is 4.90 Å². The third-order valence-electron chi connectivity index (χ3n) is 4.38. The lowest BCUT2D eigenvalue weighted by atomic mass is 9.77. The Balaban J connectivity index is 1.91. The molecule has 17 heavy (non-hydrogen) atoms. The predicted octanol–water partition coefficient (Wildman–Crippen LogP) is 1.29. The molecule has 0 spiro atoms. The number of hydrogen-bond donors (Lipinski definition) is 1. The number of nitrogens with zero attached hydrogens (tertiary/aromatic N) is 1. The smallest absolute Gasteiger partial charge is 0.225 e. The molecule has 1 amide bonds. The van der Waals surface area contributed by atoms with Crippen LogP contribution in [0, 0.1) is 0 Å². The molecule has 98 valence electrons. The van der Waals surface area contributed by atoms with Crippen LogP contribution in [0.15, 0.2) is 0 Å². The summed E-state index contributed by atoms with van der Waals surface area (Å²) >= 11 is 0. The minimum atomic E-state index is -0.159. The molecule has 2 N–H and O–H groups in total. The molecule has 0 aliphatic heterocycles. The van der Waals surface area contributed by atoms with Gasteiger partial charge in [0, 0.05) is 26.2 Å². The summed E-state index contributed by atoms with van der Waals surface area (Å²) < 4.78 is 5.53. The average Bonchev–Trinajstić information content (AvgIpc) is 2.20. The third-order valence-corrected chi connectivity index (χ3v) is 4.38. The topological polar surface area (TPSA) is 55.6 Å². The first-order chi connectivity index (χ1) is 8.21. The van der Waals surface area contributed by atoms with Crippen LogP contribution in [0.4, 0.5) is 0 Å². The van der Waals surface area contributed by atoms with Crippen LogP contribution in [0.2, 0.25) is 0 Å². The Labute approximate surface area is 103 Å². The van der Waals surface area contributed by atoms with E-state index in [4.69, 9.17) is 10.5 Å². The van der Waals surface area contributed by atoms with E-state index >= 15 is 0 Å². The van der Waals surface area contributed by atoms with Crippen molar-refractivity contribution in [2.24, 2.45) is 5.73 Å². The summed E-state index contributed by atoms with van der Waals surface area (Å²) in [5.74, 6) is 0.238. The van der Waals surface area contributed by atoms with Gasteiger partial charge in [-0.05, 0) is 38.5 Å². The van der Waals surface area contributed by atoms with Crippen molar-refractivity contribution in [1.82, 2.24) is 4.90 Å². The lowest BCUT2D eigenvalue weighted by Crippen LogP contribution is -2.51. The van der Waals surface area contributed by atoms with E-state index in [9.17, 15) is 4.79 Å². The monoisotopic (exact) mass is 240 g/mol. The van der Waals surface area contributed by atoms with E-state index in [-0.39, 0.29) is 11.5 Å². The number of carbonyl (C=O) groups is 1. The second kappa shape index (κ2) is 5.36. The van der Waals surface area contributed by atoms with Gasteiger partial charge in [-0.15, -0.1) is 0 Å². The minimum Gasteiger partial charge on any atom is -0.378 e. The molecule has 2 rings (SSSR count). The Morgan fingerprint density at radius 3 is 2.47 bits per heavy atom. The summed E-state index contributed by atoms with van der Waals surface area (Å²) in [6, 6.07) is 0.444. The first-order valence-corrected chi connectivity index (χ1v) is 6.75. The summed E-state index contributed by atoms with van der Waals surface area (Å²) in [6.07, 6.45) is 7.31. The van der Waals surface area contributed by atoms with Gasteiger partial charge in [0.05, 0.1) is 12.0 Å². The van der Waals surface area contributed by atoms with Gasteiger partial charge < -0.3 is 15.4 Å². The van der Waals surface area contributed by atoms with Crippen molar-refractivity contribution < 1.29 is 9.53 Å². The Bertz CT molecular complexity index is 267. The first-order valence-electron chi connectivity index (χ1n) is 6.75. The molecule has 0 aromatic carbocycles. The molecule has 0 unspecified atom stereocenters. The lowest BCUT2D eigenvalue weighted by molar-refractivity contribution is -0.147. The van der Waals surface area contributed by atoms with E-state index < -0.39 is 0 Å². The SMILES string of the molecule is COC1(CC(=O)N(CCN)C2CCC2)CCC1. The average molecular weight is 240 g/mol. The minimum absolute atomic E-state index is 0.159. The second-order valence-corrected chi connectivity index (χ2v) is 5.38. The first kappa shape index (κ1) is 12.8. The van der Waals surface area contributed by atoms with Gasteiger partial charge in [0.15, 0.2) is 0 Å². The molecule has 2 saturated carbocycles. The van der Waals surface area contributed by atoms with Gasteiger partial charge in [-0.2, -0.15) is 0 Å². The highest BCUT2D eigenvalue weighted by atomic mass is 16.5. The fraction of sp³-hybridized carbons (Fsp3) is 0.923. The summed E-state index contributed by atoms with van der Waals surface area (Å²) in [4.78, 5) is 14.3. The maximum Gasteiger partial charge on any atom is 0.225 e. The van der Waals surface area contributed by atoms with Crippen molar-refractivity contribution in [3.8, 4) is 0 Å². The van der Waals surface area contributed by atoms with Crippen LogP contribution >= 0.6 is 0 Å². The fourth-order valence-corrected chi connectivity index (χ4v) is 2.75. The van der Waals surface area contributed by atoms with E-state index in [0.29, 0.717) is 25.6 Å². The van der Waals surface area contributed by atoms with Gasteiger partial charge in [-0.1, -0.05) is 0 Å². The number of nitrogens with two attached hydrogens (primary N) is 1. The van der Waals surface area contributed by atoms with E-state index in [1.54, 1.807) is 7.11 Å². The molecule has 2 aliphatic rings. The van der Waals surface area contributed by atoms with Gasteiger partial charge in [-0.25, -0.2) is 0 Å². The van der Waals surface area contributed by atoms with Crippen LogP contribution in [-0.2, 0) is 9.53 Å². The lowest BCUT2D eigenvalue weighted by Gasteiger charge is -2.43. The Hall–Kier alpha value is -0.610. The van der Waals surface area contributed by atoms with Crippen LogP contribution in [0.25, 0.3) is 0 Å². The number of carbonyl (C=O) groups excluding carboxylic acids is 1. The summed E-state index contributed by atoms with van der Waals surface area (Å²) in [6.45, 7) is 1.26. The molecule has 4 heteroatoms. The van der Waals surface area contributed by atoms with Gasteiger partial charge in [0.2, 0.25) is 5.91 Å². The molecule has 0 radical (unpaired) electrons. The summed E-state index contributed by atoms with van der Waals surface area (Å²) in [5.41, 5.74) is 5.44. The number of amides is 1. The van der Waals surface area contributed by atoms with Crippen LogP contribution in [-0.4, -0.2) is 42.6 Å². The van der Waals surface area contributed by atoms with Gasteiger partial charge >= 0.3 is 0 Å². The molecule has 0 aromatic rings. The number of ether oxygens (including phenoxy) is 1. The quantitative estimate of drug-likeness (QED) is 0.761. The Morgan fingerprint density at radius 2 is 2.12 bits per heavy atom. The van der Waals surface area contributed by atoms with Crippen molar-refractivity contribution in [3.63, 3.8) is 0 Å². The maximum absolute atomic E-state index is 12.3. The number of rotatable bonds is 6. The zero-order valence-corrected chi connectivity index (χ0v) is 10.8. The molecule has 0 atom stereocenters. The highest BCUT2D eigenvalue weighted by molar-refractivity contribution is 5.78. The standard InChI is InChI=1S/C13H24N2O2/c1-17-13(6-3-7-13)10-12(16)15(9-8-14)11-4-2-5-11/h11H,2-10,14H2,1H3. The molecular weight excluding hydrogens is 216 g/mol. The van der Waals surface area contributed by atoms with Gasteiger partial charge in [0.25, 0.3) is 0 Å². The predicted molar refractivity (Wildman–Crippen MR) is 66.6 cm³/mol. The van der Waals surface area contributed by atoms with Crippen molar-refractivity contribution in [1.29, 1.82) is 0 Å². The fourth-order valence-electron chi connectivity index (χ4n) is 2.75. The zero-order valence-electron chi connectivity index (χ0n) is 10.8. The van der Waals surface area contributed by atoms with Crippen molar-refractivity contribution >= 4 is 5.91 Å². The molecule has 2 aliphatic carbocycles. The highest BCUT2D eigenvalue weighted by Crippen LogP contribution is 2.39. The zero-order chi connectivity index (χ0) is 12.3. The molecule has 0 heterocycles. The molecular formula is C13H24N2O2. The maximum atomic E-state index is 12.3. The molecule has 2 fully saturated rings. The van der Waals surface area contributed by atoms with Crippen LogP contribution in [0.3, 0.4) is 0 Å². The van der Waals surface area contributed by atoms with E-state index in [2.05, 4.69) is 0 Å². The molecule has 0 bridgehead atoms. The molecule has 0 aromatic heterocycles. The largest absolute Gasteiger partial charge is 0.378 e. The number of hydrogen-bond acceptors (Lipinski definition) is 3.